The molecule has 6 nitrogen and oxygen atoms in total. The van der Waals surface area contributed by atoms with Gasteiger partial charge in [-0.05, 0) is 92.1 Å². The molecule has 0 bridgehead atoms. The molecule has 0 amide bonds. The third-order valence-corrected chi connectivity index (χ3v) is 7.32. The Morgan fingerprint density at radius 1 is 1.13 bits per heavy atom. The number of rotatable bonds is 8. The van der Waals surface area contributed by atoms with Crippen LogP contribution in [0.4, 0.5) is 11.6 Å². The Morgan fingerprint density at radius 2 is 1.97 bits per heavy atom. The summed E-state index contributed by atoms with van der Waals surface area (Å²) in [5.74, 6) is 0.597. The van der Waals surface area contributed by atoms with Gasteiger partial charge in [0.25, 0.3) is 0 Å². The van der Waals surface area contributed by atoms with Crippen LogP contribution in [0.3, 0.4) is 0 Å². The lowest BCUT2D eigenvalue weighted by Gasteiger charge is -2.14. The lowest BCUT2D eigenvalue weighted by Crippen LogP contribution is -2.27. The summed E-state index contributed by atoms with van der Waals surface area (Å²) >= 11 is 3.40. The van der Waals surface area contributed by atoms with Gasteiger partial charge in [0.15, 0.2) is 0 Å². The molecule has 1 aromatic carbocycles. The van der Waals surface area contributed by atoms with Crippen LogP contribution in [0, 0.1) is 6.92 Å². The maximum atomic E-state index is 4.82. The molecule has 0 saturated carbocycles. The normalized spacial score (nSPS) is 14.5. The van der Waals surface area contributed by atoms with Crippen LogP contribution in [-0.2, 0) is 0 Å². The molecule has 3 aromatic heterocycles. The third-order valence-electron chi connectivity index (χ3n) is 5.41. The number of hydrogen-bond acceptors (Lipinski definition) is 7. The molecular formula is C23H26N6S2. The van der Waals surface area contributed by atoms with Crippen LogP contribution in [0.25, 0.3) is 21.6 Å². The van der Waals surface area contributed by atoms with Crippen molar-refractivity contribution in [3.05, 3.63) is 53.5 Å². The molecule has 0 radical (unpaired) electrons. The van der Waals surface area contributed by atoms with Gasteiger partial charge >= 0.3 is 0 Å². The van der Waals surface area contributed by atoms with Gasteiger partial charge in [0.2, 0.25) is 5.95 Å². The summed E-state index contributed by atoms with van der Waals surface area (Å²) in [4.78, 5) is 17.6. The minimum atomic E-state index is 0.597. The van der Waals surface area contributed by atoms with E-state index in [0.29, 0.717) is 5.95 Å². The van der Waals surface area contributed by atoms with E-state index in [0.717, 1.165) is 40.4 Å². The smallest absolute Gasteiger partial charge is 0.229 e. The molecule has 0 atom stereocenters. The maximum Gasteiger partial charge on any atom is 0.229 e. The lowest BCUT2D eigenvalue weighted by atomic mass is 10.2. The summed E-state index contributed by atoms with van der Waals surface area (Å²) in [5.41, 5.74) is 4.02. The molecule has 4 heterocycles. The van der Waals surface area contributed by atoms with Gasteiger partial charge in [-0.15, -0.1) is 11.3 Å². The number of fused-ring (bicyclic) bond motifs is 1. The Morgan fingerprint density at radius 3 is 2.74 bits per heavy atom. The van der Waals surface area contributed by atoms with Crippen LogP contribution < -0.4 is 10.0 Å². The monoisotopic (exact) mass is 450 g/mol. The molecule has 4 aromatic rings. The summed E-state index contributed by atoms with van der Waals surface area (Å²) in [7, 11) is 0. The summed E-state index contributed by atoms with van der Waals surface area (Å²) in [6.07, 6.45) is 4.60. The highest BCUT2D eigenvalue weighted by Gasteiger charge is 2.13. The van der Waals surface area contributed by atoms with Crippen molar-refractivity contribution in [2.24, 2.45) is 0 Å². The van der Waals surface area contributed by atoms with E-state index in [1.807, 2.05) is 12.3 Å². The van der Waals surface area contributed by atoms with Crippen molar-refractivity contribution in [2.45, 2.75) is 24.7 Å². The van der Waals surface area contributed by atoms with E-state index in [1.165, 1.54) is 36.4 Å². The van der Waals surface area contributed by atoms with Gasteiger partial charge in [0, 0.05) is 35.3 Å². The van der Waals surface area contributed by atoms with E-state index in [-0.39, 0.29) is 0 Å². The summed E-state index contributed by atoms with van der Waals surface area (Å²) < 4.78 is 3.47. The molecule has 0 aliphatic carbocycles. The zero-order valence-electron chi connectivity index (χ0n) is 17.5. The summed E-state index contributed by atoms with van der Waals surface area (Å²) in [5, 5.41) is 6.55. The number of aryl methyl sites for hydroxylation is 1. The van der Waals surface area contributed by atoms with Gasteiger partial charge < -0.3 is 15.2 Å². The Labute approximate surface area is 190 Å². The Hall–Kier alpha value is -2.39. The number of likely N-dealkylation sites (tertiary alicyclic amines) is 1. The molecule has 1 aliphatic heterocycles. The highest BCUT2D eigenvalue weighted by Crippen LogP contribution is 2.32. The van der Waals surface area contributed by atoms with E-state index in [2.05, 4.69) is 67.5 Å². The van der Waals surface area contributed by atoms with Crippen molar-refractivity contribution >= 4 is 46.0 Å². The second kappa shape index (κ2) is 9.40. The van der Waals surface area contributed by atoms with Crippen molar-refractivity contribution in [3.8, 4) is 10.6 Å². The number of anilines is 2. The van der Waals surface area contributed by atoms with E-state index < -0.39 is 0 Å². The highest BCUT2D eigenvalue weighted by atomic mass is 32.2. The number of aromatic amines is 1. The number of nitrogens with one attached hydrogen (secondary N) is 3. The Balaban J connectivity index is 1.24. The average molecular weight is 451 g/mol. The van der Waals surface area contributed by atoms with E-state index in [1.54, 1.807) is 23.3 Å². The van der Waals surface area contributed by atoms with E-state index in [4.69, 9.17) is 4.98 Å². The van der Waals surface area contributed by atoms with Crippen LogP contribution in [0.5, 0.6) is 0 Å². The van der Waals surface area contributed by atoms with Gasteiger partial charge in [-0.2, -0.15) is 4.98 Å². The first kappa shape index (κ1) is 20.5. The zero-order valence-corrected chi connectivity index (χ0v) is 19.2. The fraction of sp³-hybridized carbons (Fsp3) is 0.304. The van der Waals surface area contributed by atoms with E-state index in [9.17, 15) is 0 Å². The van der Waals surface area contributed by atoms with Crippen molar-refractivity contribution in [1.82, 2.24) is 24.6 Å². The average Bonchev–Trinajstić information content (AvgIpc) is 3.54. The standard InChI is InChI=1S/C23H26N6S2/c1-16-14-20(30-15-16)21-19-8-9-24-22(19)28-23(27-21)26-17-4-6-18(7-5-17)31-25-10-13-29-11-2-3-12-29/h4-9,14-15,25H,2-3,10-13H2,1H3,(H2,24,26,27,28). The highest BCUT2D eigenvalue weighted by molar-refractivity contribution is 7.97. The van der Waals surface area contributed by atoms with Gasteiger partial charge in [-0.1, -0.05) is 0 Å². The molecule has 31 heavy (non-hydrogen) atoms. The topological polar surface area (TPSA) is 68.9 Å². The summed E-state index contributed by atoms with van der Waals surface area (Å²) in [6, 6.07) is 12.6. The molecule has 1 saturated heterocycles. The van der Waals surface area contributed by atoms with Crippen LogP contribution in [0.15, 0.2) is 52.9 Å². The van der Waals surface area contributed by atoms with E-state index >= 15 is 0 Å². The van der Waals surface area contributed by atoms with Crippen molar-refractivity contribution in [3.63, 3.8) is 0 Å². The van der Waals surface area contributed by atoms with Crippen LogP contribution in [0.1, 0.15) is 18.4 Å². The molecule has 0 spiro atoms. The van der Waals surface area contributed by atoms with Crippen molar-refractivity contribution < 1.29 is 0 Å². The van der Waals surface area contributed by atoms with Crippen LogP contribution >= 0.6 is 23.3 Å². The van der Waals surface area contributed by atoms with Crippen LogP contribution in [-0.4, -0.2) is 46.0 Å². The molecule has 0 unspecified atom stereocenters. The van der Waals surface area contributed by atoms with Gasteiger partial charge in [-0.25, -0.2) is 4.98 Å². The molecular weight excluding hydrogens is 424 g/mol. The number of nitrogens with zero attached hydrogens (tertiary/aromatic N) is 3. The number of H-pyrrole nitrogens is 1. The minimum absolute atomic E-state index is 0.597. The van der Waals surface area contributed by atoms with Gasteiger partial charge in [0.05, 0.1) is 10.6 Å². The molecule has 1 fully saturated rings. The minimum Gasteiger partial charge on any atom is -0.346 e. The maximum absolute atomic E-state index is 4.82. The fourth-order valence-electron chi connectivity index (χ4n) is 3.82. The summed E-state index contributed by atoms with van der Waals surface area (Å²) in [6.45, 7) is 6.72. The first-order chi connectivity index (χ1) is 15.2. The second-order valence-electron chi connectivity index (χ2n) is 7.82. The molecule has 8 heteroatoms. The van der Waals surface area contributed by atoms with Crippen molar-refractivity contribution in [2.75, 3.05) is 31.5 Å². The van der Waals surface area contributed by atoms with Gasteiger partial charge in [-0.3, -0.25) is 4.72 Å². The predicted octanol–water partition coefficient (Wildman–Crippen LogP) is 5.43. The number of thiophene rings is 1. The number of benzene rings is 1. The number of aromatic nitrogens is 3. The first-order valence-electron chi connectivity index (χ1n) is 10.6. The quantitative estimate of drug-likeness (QED) is 0.246. The number of hydrogen-bond donors (Lipinski definition) is 3. The first-order valence-corrected chi connectivity index (χ1v) is 12.3. The second-order valence-corrected chi connectivity index (χ2v) is 9.69. The zero-order chi connectivity index (χ0) is 21.0. The molecule has 5 rings (SSSR count). The Kier molecular flexibility index (Phi) is 6.22. The molecule has 3 N–H and O–H groups in total. The molecule has 160 valence electrons. The largest absolute Gasteiger partial charge is 0.346 e. The Bertz CT molecular complexity index is 1140. The van der Waals surface area contributed by atoms with Crippen molar-refractivity contribution in [1.29, 1.82) is 0 Å². The van der Waals surface area contributed by atoms with Gasteiger partial charge in [0.1, 0.15) is 5.65 Å². The van der Waals surface area contributed by atoms with Crippen LogP contribution in [0.2, 0.25) is 0 Å². The predicted molar refractivity (Wildman–Crippen MR) is 131 cm³/mol. The SMILES string of the molecule is Cc1csc(-c2nc(Nc3ccc(SNCCN4CCCC4)cc3)nc3[nH]ccc23)c1. The third kappa shape index (κ3) is 4.93. The fourth-order valence-corrected chi connectivity index (χ4v) is 5.35. The lowest BCUT2D eigenvalue weighted by molar-refractivity contribution is 0.345. The molecule has 1 aliphatic rings.